The number of rotatable bonds is 5. The Morgan fingerprint density at radius 3 is 2.68 bits per heavy atom. The molecule has 0 aromatic heterocycles. The molecule has 0 radical (unpaired) electrons. The van der Waals surface area contributed by atoms with Crippen molar-refractivity contribution < 1.29 is 8.42 Å². The molecule has 0 amide bonds. The fourth-order valence-electron chi connectivity index (χ4n) is 2.26. The van der Waals surface area contributed by atoms with Gasteiger partial charge in [-0.3, -0.25) is 0 Å². The molecule has 1 aromatic carbocycles. The number of benzene rings is 1. The maximum absolute atomic E-state index is 12.0. The first kappa shape index (κ1) is 14.8. The summed E-state index contributed by atoms with van der Waals surface area (Å²) in [5.41, 5.74) is 0. The van der Waals surface area contributed by atoms with Gasteiger partial charge in [-0.2, -0.15) is 0 Å². The molecule has 1 aliphatic rings. The Morgan fingerprint density at radius 1 is 1.32 bits per heavy atom. The molecule has 4 nitrogen and oxygen atoms in total. The smallest absolute Gasteiger partial charge is 0.240 e. The molecule has 1 aromatic rings. The van der Waals surface area contributed by atoms with E-state index in [4.69, 9.17) is 11.6 Å². The van der Waals surface area contributed by atoms with Gasteiger partial charge >= 0.3 is 0 Å². The van der Waals surface area contributed by atoms with E-state index in [9.17, 15) is 8.42 Å². The molecule has 2 rings (SSSR count). The van der Waals surface area contributed by atoms with Gasteiger partial charge in [-0.1, -0.05) is 11.6 Å². The monoisotopic (exact) mass is 302 g/mol. The van der Waals surface area contributed by atoms with Crippen LogP contribution < -0.4 is 10.0 Å². The van der Waals surface area contributed by atoms with E-state index in [0.717, 1.165) is 19.5 Å². The van der Waals surface area contributed by atoms with Crippen molar-refractivity contribution in [3.63, 3.8) is 0 Å². The molecule has 2 N–H and O–H groups in total. The lowest BCUT2D eigenvalue weighted by Crippen LogP contribution is -2.33. The van der Waals surface area contributed by atoms with Crippen molar-refractivity contribution in [2.45, 2.75) is 24.2 Å². The topological polar surface area (TPSA) is 58.2 Å². The summed E-state index contributed by atoms with van der Waals surface area (Å²) in [6.45, 7) is 2.55. The van der Waals surface area contributed by atoms with Gasteiger partial charge in [0.25, 0.3) is 0 Å². The van der Waals surface area contributed by atoms with E-state index >= 15 is 0 Å². The van der Waals surface area contributed by atoms with Crippen LogP contribution in [0.1, 0.15) is 19.3 Å². The second-order valence-corrected chi connectivity index (χ2v) is 7.06. The van der Waals surface area contributed by atoms with Crippen LogP contribution in [0.2, 0.25) is 5.02 Å². The molecular weight excluding hydrogens is 284 g/mol. The van der Waals surface area contributed by atoms with E-state index in [2.05, 4.69) is 10.0 Å². The van der Waals surface area contributed by atoms with Gasteiger partial charge in [0.05, 0.1) is 4.90 Å². The second kappa shape index (κ2) is 6.70. The van der Waals surface area contributed by atoms with E-state index < -0.39 is 10.0 Å². The fraction of sp³-hybridized carbons (Fsp3) is 0.538. The zero-order chi connectivity index (χ0) is 13.7. The molecule has 6 heteroatoms. The SMILES string of the molecule is O=S(=O)(NCCC1CCCNC1)c1ccc(Cl)cc1. The van der Waals surface area contributed by atoms with Crippen molar-refractivity contribution in [3.05, 3.63) is 29.3 Å². The normalized spacial score (nSPS) is 20.4. The lowest BCUT2D eigenvalue weighted by molar-refractivity contribution is 0.358. The second-order valence-electron chi connectivity index (χ2n) is 4.85. The van der Waals surface area contributed by atoms with E-state index in [-0.39, 0.29) is 4.90 Å². The summed E-state index contributed by atoms with van der Waals surface area (Å²) in [6, 6.07) is 6.21. The van der Waals surface area contributed by atoms with Crippen LogP contribution in [-0.2, 0) is 10.0 Å². The molecule has 1 fully saturated rings. The molecule has 1 atom stereocenters. The van der Waals surface area contributed by atoms with Crippen molar-refractivity contribution in [3.8, 4) is 0 Å². The van der Waals surface area contributed by atoms with Crippen LogP contribution in [0.25, 0.3) is 0 Å². The van der Waals surface area contributed by atoms with Crippen molar-refractivity contribution >= 4 is 21.6 Å². The highest BCUT2D eigenvalue weighted by atomic mass is 35.5. The number of sulfonamides is 1. The standard InChI is InChI=1S/C13H19ClN2O2S/c14-12-3-5-13(6-4-12)19(17,18)16-9-7-11-2-1-8-15-10-11/h3-6,11,15-16H,1-2,7-10H2. The van der Waals surface area contributed by atoms with Crippen LogP contribution in [0.4, 0.5) is 0 Å². The van der Waals surface area contributed by atoms with E-state index in [0.29, 0.717) is 17.5 Å². The van der Waals surface area contributed by atoms with Crippen molar-refractivity contribution in [1.29, 1.82) is 0 Å². The van der Waals surface area contributed by atoms with E-state index in [1.165, 1.54) is 25.0 Å². The van der Waals surface area contributed by atoms with Crippen LogP contribution in [0, 0.1) is 5.92 Å². The van der Waals surface area contributed by atoms with Gasteiger partial charge in [0, 0.05) is 11.6 Å². The quantitative estimate of drug-likeness (QED) is 0.875. The molecule has 0 bridgehead atoms. The van der Waals surface area contributed by atoms with Gasteiger partial charge in [0.15, 0.2) is 0 Å². The first-order valence-electron chi connectivity index (χ1n) is 6.54. The molecule has 1 unspecified atom stereocenters. The summed E-state index contributed by atoms with van der Waals surface area (Å²) in [5, 5.41) is 3.86. The Hall–Kier alpha value is -0.620. The van der Waals surface area contributed by atoms with Gasteiger partial charge in [-0.15, -0.1) is 0 Å². The van der Waals surface area contributed by atoms with Crippen LogP contribution in [0.5, 0.6) is 0 Å². The Balaban J connectivity index is 1.85. The molecule has 0 spiro atoms. The summed E-state index contributed by atoms with van der Waals surface area (Å²) in [4.78, 5) is 0.263. The predicted octanol–water partition coefficient (Wildman–Crippen LogP) is 2.01. The Bertz CT molecular complexity index is 496. The van der Waals surface area contributed by atoms with Gasteiger partial charge in [0.2, 0.25) is 10.0 Å². The molecule has 1 aliphatic heterocycles. The Labute approximate surface area is 119 Å². The third kappa shape index (κ3) is 4.45. The van der Waals surface area contributed by atoms with E-state index in [1.807, 2.05) is 0 Å². The summed E-state index contributed by atoms with van der Waals surface area (Å²) in [5.74, 6) is 0.571. The van der Waals surface area contributed by atoms with Crippen LogP contribution in [0.15, 0.2) is 29.2 Å². The average Bonchev–Trinajstić information content (AvgIpc) is 2.40. The molecule has 1 heterocycles. The highest BCUT2D eigenvalue weighted by Gasteiger charge is 2.16. The third-order valence-corrected chi connectivity index (χ3v) is 5.10. The first-order chi connectivity index (χ1) is 9.08. The minimum atomic E-state index is -3.41. The number of halogens is 1. The lowest BCUT2D eigenvalue weighted by atomic mass is 9.96. The molecule has 0 aliphatic carbocycles. The number of nitrogens with one attached hydrogen (secondary N) is 2. The Morgan fingerprint density at radius 2 is 2.05 bits per heavy atom. The van der Waals surface area contributed by atoms with Gasteiger partial charge < -0.3 is 5.32 Å². The maximum Gasteiger partial charge on any atom is 0.240 e. The van der Waals surface area contributed by atoms with E-state index in [1.54, 1.807) is 12.1 Å². The lowest BCUT2D eigenvalue weighted by Gasteiger charge is -2.22. The summed E-state index contributed by atoms with van der Waals surface area (Å²) in [6.07, 6.45) is 3.23. The molecular formula is C13H19ClN2O2S. The van der Waals surface area contributed by atoms with Crippen LogP contribution in [0.3, 0.4) is 0 Å². The highest BCUT2D eigenvalue weighted by Crippen LogP contribution is 2.15. The minimum Gasteiger partial charge on any atom is -0.316 e. The first-order valence-corrected chi connectivity index (χ1v) is 8.40. The summed E-state index contributed by atoms with van der Waals surface area (Å²) >= 11 is 5.75. The number of piperidine rings is 1. The van der Waals surface area contributed by atoms with Crippen molar-refractivity contribution in [2.75, 3.05) is 19.6 Å². The van der Waals surface area contributed by atoms with Gasteiger partial charge in [-0.25, -0.2) is 13.1 Å². The van der Waals surface area contributed by atoms with Crippen molar-refractivity contribution in [2.24, 2.45) is 5.92 Å². The molecule has 19 heavy (non-hydrogen) atoms. The number of hydrogen-bond donors (Lipinski definition) is 2. The summed E-state index contributed by atoms with van der Waals surface area (Å²) in [7, 11) is -3.41. The molecule has 106 valence electrons. The van der Waals surface area contributed by atoms with Crippen molar-refractivity contribution in [1.82, 2.24) is 10.0 Å². The molecule has 1 saturated heterocycles. The highest BCUT2D eigenvalue weighted by molar-refractivity contribution is 7.89. The fourth-order valence-corrected chi connectivity index (χ4v) is 3.44. The average molecular weight is 303 g/mol. The third-order valence-electron chi connectivity index (χ3n) is 3.37. The molecule has 0 saturated carbocycles. The minimum absolute atomic E-state index is 0.263. The zero-order valence-electron chi connectivity index (χ0n) is 10.7. The number of hydrogen-bond acceptors (Lipinski definition) is 3. The maximum atomic E-state index is 12.0. The largest absolute Gasteiger partial charge is 0.316 e. The summed E-state index contributed by atoms with van der Waals surface area (Å²) < 4.78 is 26.7. The van der Waals surface area contributed by atoms with Gasteiger partial charge in [-0.05, 0) is 62.5 Å². The zero-order valence-corrected chi connectivity index (χ0v) is 12.3. The van der Waals surface area contributed by atoms with Crippen LogP contribution >= 0.6 is 11.6 Å². The predicted molar refractivity (Wildman–Crippen MR) is 76.9 cm³/mol. The van der Waals surface area contributed by atoms with Gasteiger partial charge in [0.1, 0.15) is 0 Å². The Kier molecular flexibility index (Phi) is 5.21. The van der Waals surface area contributed by atoms with Crippen LogP contribution in [-0.4, -0.2) is 28.1 Å².